The molecule has 1 aromatic rings. The molecule has 2 N–H and O–H groups in total. The molecule has 1 aliphatic carbocycles. The summed E-state index contributed by atoms with van der Waals surface area (Å²) in [6.45, 7) is 5.35. The van der Waals surface area contributed by atoms with Crippen LogP contribution in [0.5, 0.6) is 0 Å². The van der Waals surface area contributed by atoms with E-state index in [9.17, 15) is 9.59 Å². The first-order chi connectivity index (χ1) is 8.79. The maximum absolute atomic E-state index is 12.2. The standard InChI is InChI=1S/C15H19NO3/c1-15(2,3)19-14(18)11-8-9-6-4-5-7-10(9)12(16)13(11)17/h4-7,11-12H,8,16H2,1-3H3. The summed E-state index contributed by atoms with van der Waals surface area (Å²) in [6.07, 6.45) is 0.373. The Morgan fingerprint density at radius 1 is 1.32 bits per heavy atom. The third-order valence-electron chi connectivity index (χ3n) is 3.16. The van der Waals surface area contributed by atoms with Gasteiger partial charge in [-0.2, -0.15) is 0 Å². The lowest BCUT2D eigenvalue weighted by molar-refractivity contribution is -0.162. The molecule has 0 spiro atoms. The number of ketones is 1. The minimum Gasteiger partial charge on any atom is -0.459 e. The zero-order valence-corrected chi connectivity index (χ0v) is 11.5. The molecule has 0 aromatic heterocycles. The lowest BCUT2D eigenvalue weighted by atomic mass is 9.80. The van der Waals surface area contributed by atoms with Crippen molar-refractivity contribution < 1.29 is 14.3 Å². The van der Waals surface area contributed by atoms with Crippen molar-refractivity contribution in [2.45, 2.75) is 38.8 Å². The molecule has 2 rings (SSSR count). The number of benzene rings is 1. The summed E-state index contributed by atoms with van der Waals surface area (Å²) < 4.78 is 5.30. The van der Waals surface area contributed by atoms with Crippen molar-refractivity contribution in [1.82, 2.24) is 0 Å². The van der Waals surface area contributed by atoms with Gasteiger partial charge in [-0.3, -0.25) is 9.59 Å². The molecule has 102 valence electrons. The molecular weight excluding hydrogens is 242 g/mol. The molecule has 4 heteroatoms. The van der Waals surface area contributed by atoms with Crippen LogP contribution in [0.15, 0.2) is 24.3 Å². The fraction of sp³-hybridized carbons (Fsp3) is 0.467. The van der Waals surface area contributed by atoms with Crippen molar-refractivity contribution in [3.8, 4) is 0 Å². The molecule has 1 aliphatic rings. The highest BCUT2D eigenvalue weighted by atomic mass is 16.6. The molecule has 0 fully saturated rings. The van der Waals surface area contributed by atoms with Gasteiger partial charge in [-0.25, -0.2) is 0 Å². The minimum atomic E-state index is -0.788. The van der Waals surface area contributed by atoms with Gasteiger partial charge in [0.2, 0.25) is 0 Å². The van der Waals surface area contributed by atoms with Gasteiger partial charge in [0.25, 0.3) is 0 Å². The SMILES string of the molecule is CC(C)(C)OC(=O)C1Cc2ccccc2C(N)C1=O. The van der Waals surface area contributed by atoms with E-state index >= 15 is 0 Å². The number of ether oxygens (including phenoxy) is 1. The zero-order chi connectivity index (χ0) is 14.2. The normalized spacial score (nSPS) is 22.8. The molecule has 2 atom stereocenters. The second-order valence-electron chi connectivity index (χ2n) is 5.87. The Balaban J connectivity index is 2.26. The lowest BCUT2D eigenvalue weighted by Gasteiger charge is -2.29. The number of nitrogens with two attached hydrogens (primary N) is 1. The van der Waals surface area contributed by atoms with Crippen molar-refractivity contribution in [3.63, 3.8) is 0 Å². The number of fused-ring (bicyclic) bond motifs is 1. The van der Waals surface area contributed by atoms with E-state index in [1.807, 2.05) is 24.3 Å². The van der Waals surface area contributed by atoms with Gasteiger partial charge in [-0.05, 0) is 38.3 Å². The van der Waals surface area contributed by atoms with Crippen LogP contribution in [0.1, 0.15) is 37.9 Å². The third-order valence-corrected chi connectivity index (χ3v) is 3.16. The highest BCUT2D eigenvalue weighted by Gasteiger charge is 2.39. The number of rotatable bonds is 1. The van der Waals surface area contributed by atoms with Crippen molar-refractivity contribution in [1.29, 1.82) is 0 Å². The second kappa shape index (κ2) is 4.78. The van der Waals surface area contributed by atoms with Gasteiger partial charge < -0.3 is 10.5 Å². The van der Waals surface area contributed by atoms with E-state index in [0.29, 0.717) is 6.42 Å². The summed E-state index contributed by atoms with van der Waals surface area (Å²) in [6, 6.07) is 6.73. The Morgan fingerprint density at radius 2 is 1.95 bits per heavy atom. The van der Waals surface area contributed by atoms with E-state index in [1.54, 1.807) is 20.8 Å². The quantitative estimate of drug-likeness (QED) is 0.618. The first kappa shape index (κ1) is 13.7. The molecule has 0 amide bonds. The van der Waals surface area contributed by atoms with Gasteiger partial charge in [-0.15, -0.1) is 0 Å². The Morgan fingerprint density at radius 3 is 2.58 bits per heavy atom. The number of carbonyl (C=O) groups excluding carboxylic acids is 2. The minimum absolute atomic E-state index is 0.257. The molecule has 1 aromatic carbocycles. The van der Waals surface area contributed by atoms with Crippen LogP contribution in [0.2, 0.25) is 0 Å². The van der Waals surface area contributed by atoms with Crippen LogP contribution >= 0.6 is 0 Å². The van der Waals surface area contributed by atoms with Crippen LogP contribution in [0.25, 0.3) is 0 Å². The highest BCUT2D eigenvalue weighted by molar-refractivity contribution is 6.03. The topological polar surface area (TPSA) is 69.4 Å². The van der Waals surface area contributed by atoms with Gasteiger partial charge in [0.1, 0.15) is 11.5 Å². The summed E-state index contributed by atoms with van der Waals surface area (Å²) in [5, 5.41) is 0. The molecule has 0 aliphatic heterocycles. The zero-order valence-electron chi connectivity index (χ0n) is 11.5. The maximum atomic E-state index is 12.2. The third kappa shape index (κ3) is 2.84. The predicted octanol–water partition coefficient (Wildman–Crippen LogP) is 1.77. The van der Waals surface area contributed by atoms with Crippen molar-refractivity contribution in [3.05, 3.63) is 35.4 Å². The van der Waals surface area contributed by atoms with E-state index in [0.717, 1.165) is 11.1 Å². The van der Waals surface area contributed by atoms with Gasteiger partial charge in [0.15, 0.2) is 5.78 Å². The van der Waals surface area contributed by atoms with Crippen molar-refractivity contribution in [2.24, 2.45) is 11.7 Å². The van der Waals surface area contributed by atoms with Gasteiger partial charge in [-0.1, -0.05) is 24.3 Å². The number of hydrogen-bond donors (Lipinski definition) is 1. The first-order valence-corrected chi connectivity index (χ1v) is 6.39. The van der Waals surface area contributed by atoms with Gasteiger partial charge >= 0.3 is 5.97 Å². The van der Waals surface area contributed by atoms with Gasteiger partial charge in [0, 0.05) is 0 Å². The monoisotopic (exact) mass is 261 g/mol. The molecule has 0 radical (unpaired) electrons. The van der Waals surface area contributed by atoms with Crippen LogP contribution in [0, 0.1) is 5.92 Å². The van der Waals surface area contributed by atoms with Gasteiger partial charge in [0.05, 0.1) is 6.04 Å². The molecule has 0 saturated carbocycles. The molecular formula is C15H19NO3. The number of Topliss-reactive ketones (excluding diaryl/α,β-unsaturated/α-hetero) is 1. The molecule has 0 heterocycles. The summed E-state index contributed by atoms with van der Waals surface area (Å²) >= 11 is 0. The fourth-order valence-electron chi connectivity index (χ4n) is 2.29. The van der Waals surface area contributed by atoms with E-state index in [-0.39, 0.29) is 5.78 Å². The fourth-order valence-corrected chi connectivity index (χ4v) is 2.29. The average Bonchev–Trinajstić information content (AvgIpc) is 2.31. The molecule has 0 bridgehead atoms. The summed E-state index contributed by atoms with van der Waals surface area (Å²) in [7, 11) is 0. The summed E-state index contributed by atoms with van der Waals surface area (Å²) in [4.78, 5) is 24.3. The van der Waals surface area contributed by atoms with Crippen LogP contribution in [-0.2, 0) is 20.7 Å². The first-order valence-electron chi connectivity index (χ1n) is 6.39. The van der Waals surface area contributed by atoms with E-state index < -0.39 is 23.5 Å². The van der Waals surface area contributed by atoms with Crippen molar-refractivity contribution in [2.75, 3.05) is 0 Å². The Bertz CT molecular complexity index is 516. The Kier molecular flexibility index (Phi) is 3.45. The summed E-state index contributed by atoms with van der Waals surface area (Å²) in [5.41, 5.74) is 7.09. The predicted molar refractivity (Wildman–Crippen MR) is 71.4 cm³/mol. The number of esters is 1. The van der Waals surface area contributed by atoms with Crippen LogP contribution < -0.4 is 5.73 Å². The highest BCUT2D eigenvalue weighted by Crippen LogP contribution is 2.30. The van der Waals surface area contributed by atoms with E-state index in [1.165, 1.54) is 0 Å². The van der Waals surface area contributed by atoms with Crippen LogP contribution in [0.3, 0.4) is 0 Å². The number of hydrogen-bond acceptors (Lipinski definition) is 4. The summed E-state index contributed by atoms with van der Waals surface area (Å²) in [5.74, 6) is -1.53. The molecule has 4 nitrogen and oxygen atoms in total. The molecule has 2 unspecified atom stereocenters. The Hall–Kier alpha value is -1.68. The van der Waals surface area contributed by atoms with Crippen LogP contribution in [0.4, 0.5) is 0 Å². The molecule has 19 heavy (non-hydrogen) atoms. The van der Waals surface area contributed by atoms with E-state index in [2.05, 4.69) is 0 Å². The second-order valence-corrected chi connectivity index (χ2v) is 5.87. The smallest absolute Gasteiger partial charge is 0.317 e. The number of carbonyl (C=O) groups is 2. The largest absolute Gasteiger partial charge is 0.459 e. The maximum Gasteiger partial charge on any atom is 0.317 e. The van der Waals surface area contributed by atoms with E-state index in [4.69, 9.17) is 10.5 Å². The lowest BCUT2D eigenvalue weighted by Crippen LogP contribution is -2.41. The van der Waals surface area contributed by atoms with Crippen molar-refractivity contribution >= 4 is 11.8 Å². The molecule has 0 saturated heterocycles. The Labute approximate surface area is 112 Å². The van der Waals surface area contributed by atoms with Crippen LogP contribution in [-0.4, -0.2) is 17.4 Å². The average molecular weight is 261 g/mol.